The molecule has 208 valence electrons. The first kappa shape index (κ1) is 28.9. The number of aromatic amines is 2. The summed E-state index contributed by atoms with van der Waals surface area (Å²) in [5.41, 5.74) is 19.0. The van der Waals surface area contributed by atoms with Gasteiger partial charge in [0.05, 0.1) is 0 Å². The van der Waals surface area contributed by atoms with Crippen LogP contribution in [0.5, 0.6) is 0 Å². The van der Waals surface area contributed by atoms with E-state index in [1.807, 2.05) is 0 Å². The van der Waals surface area contributed by atoms with Crippen molar-refractivity contribution in [1.82, 2.24) is 9.97 Å². The van der Waals surface area contributed by atoms with Crippen LogP contribution in [0.4, 0.5) is 0 Å². The maximum Gasteiger partial charge on any atom is 0.209 e. The predicted octanol–water partition coefficient (Wildman–Crippen LogP) is 5.78. The van der Waals surface area contributed by atoms with Gasteiger partial charge in [-0.3, -0.25) is 0 Å². The Balaban J connectivity index is 1.25. The number of aromatic nitrogens is 2. The number of allylic oxidation sites excluding steroid dienone is 4. The van der Waals surface area contributed by atoms with Crippen LogP contribution in [-0.2, 0) is 12.8 Å². The molecule has 0 amide bonds. The number of H-pyrrole nitrogens is 2. The second kappa shape index (κ2) is 12.8. The fourth-order valence-corrected chi connectivity index (χ4v) is 6.43. The summed E-state index contributed by atoms with van der Waals surface area (Å²) in [5.74, 6) is 0. The van der Waals surface area contributed by atoms with Crippen LogP contribution in [0.2, 0.25) is 0 Å². The Bertz CT molecular complexity index is 1290. The molecule has 0 saturated carbocycles. The highest BCUT2D eigenvalue weighted by Gasteiger charge is 2.21. The Labute approximate surface area is 236 Å². The minimum Gasteiger partial charge on any atom is -0.358 e. The van der Waals surface area contributed by atoms with Crippen LogP contribution in [0, 0.1) is 27.7 Å². The first-order chi connectivity index (χ1) is 18.7. The molecule has 39 heavy (non-hydrogen) atoms. The molecule has 4 heteroatoms. The molecular weight excluding hydrogens is 476 g/mol. The molecule has 4 N–H and O–H groups in total. The summed E-state index contributed by atoms with van der Waals surface area (Å²) in [4.78, 5) is 14.2. The Kier molecular flexibility index (Phi) is 9.48. The van der Waals surface area contributed by atoms with E-state index >= 15 is 0 Å². The summed E-state index contributed by atoms with van der Waals surface area (Å²) < 4.78 is 0. The molecule has 0 unspecified atom stereocenters. The zero-order chi connectivity index (χ0) is 28.1. The van der Waals surface area contributed by atoms with Gasteiger partial charge in [-0.25, -0.2) is 9.98 Å². The highest BCUT2D eigenvalue weighted by atomic mass is 14.8. The summed E-state index contributed by atoms with van der Waals surface area (Å²) in [5, 5.41) is 0. The van der Waals surface area contributed by atoms with E-state index in [9.17, 15) is 0 Å². The van der Waals surface area contributed by atoms with Gasteiger partial charge < -0.3 is 9.97 Å². The molecule has 0 radical (unpaired) electrons. The van der Waals surface area contributed by atoms with E-state index < -0.39 is 0 Å². The van der Waals surface area contributed by atoms with E-state index in [-0.39, 0.29) is 0 Å². The van der Waals surface area contributed by atoms with Crippen molar-refractivity contribution in [3.63, 3.8) is 0 Å². The van der Waals surface area contributed by atoms with Crippen LogP contribution in [0.1, 0.15) is 118 Å². The van der Waals surface area contributed by atoms with Crippen LogP contribution in [0.25, 0.3) is 12.2 Å². The summed E-state index contributed by atoms with van der Waals surface area (Å²) in [7, 11) is 0. The Morgan fingerprint density at radius 2 is 0.974 bits per heavy atom. The minimum absolute atomic E-state index is 1.06. The zero-order valence-corrected chi connectivity index (χ0v) is 25.7. The molecule has 0 fully saturated rings. The lowest BCUT2D eigenvalue weighted by molar-refractivity contribution is -0.381. The quantitative estimate of drug-likeness (QED) is 0.254. The minimum atomic E-state index is 1.06. The fourth-order valence-electron chi connectivity index (χ4n) is 6.43. The van der Waals surface area contributed by atoms with E-state index in [2.05, 4.69) is 99.9 Å². The molecular formula is C35H50N4+2. The van der Waals surface area contributed by atoms with Crippen molar-refractivity contribution in [2.45, 2.75) is 113 Å². The van der Waals surface area contributed by atoms with Gasteiger partial charge in [0.25, 0.3) is 0 Å². The van der Waals surface area contributed by atoms with Crippen molar-refractivity contribution in [1.29, 1.82) is 0 Å². The third-order valence-electron chi connectivity index (χ3n) is 8.89. The van der Waals surface area contributed by atoms with Gasteiger partial charge >= 0.3 is 0 Å². The second-order valence-electron chi connectivity index (χ2n) is 11.5. The second-order valence-corrected chi connectivity index (χ2v) is 11.5. The molecule has 2 aliphatic rings. The summed E-state index contributed by atoms with van der Waals surface area (Å²) in [6.07, 6.45) is 19.7. The van der Waals surface area contributed by atoms with Gasteiger partial charge in [0.2, 0.25) is 11.4 Å². The SMILES string of the molecule is CCC1=C(C)C=[NH+]/C1=C\c1[nH]c(C)c(CCCCCCCc2c(C)[nH]c(/C=C3\[NH+]=CC(C)=C3CC)c2C)c1C. The Morgan fingerprint density at radius 1 is 0.590 bits per heavy atom. The van der Waals surface area contributed by atoms with Crippen LogP contribution in [0.3, 0.4) is 0 Å². The molecule has 4 heterocycles. The van der Waals surface area contributed by atoms with Crippen LogP contribution < -0.4 is 9.98 Å². The maximum atomic E-state index is 3.65. The van der Waals surface area contributed by atoms with Crippen molar-refractivity contribution < 1.29 is 9.98 Å². The molecule has 0 aromatic carbocycles. The van der Waals surface area contributed by atoms with E-state index in [4.69, 9.17) is 0 Å². The van der Waals surface area contributed by atoms with Crippen molar-refractivity contribution >= 4 is 24.6 Å². The first-order valence-corrected chi connectivity index (χ1v) is 15.1. The fraction of sp³-hybridized carbons (Fsp3) is 0.486. The molecule has 2 aromatic rings. The van der Waals surface area contributed by atoms with Gasteiger partial charge in [-0.15, -0.1) is 0 Å². The smallest absolute Gasteiger partial charge is 0.209 e. The van der Waals surface area contributed by atoms with E-state index in [0.29, 0.717) is 0 Å². The normalized spacial score (nSPS) is 17.3. The molecule has 0 atom stereocenters. The van der Waals surface area contributed by atoms with E-state index in [1.165, 1.54) is 124 Å². The molecule has 0 spiro atoms. The Hall–Kier alpha value is -3.14. The highest BCUT2D eigenvalue weighted by Crippen LogP contribution is 2.26. The van der Waals surface area contributed by atoms with Crippen molar-refractivity contribution in [2.75, 3.05) is 0 Å². The van der Waals surface area contributed by atoms with Gasteiger partial charge in [0, 0.05) is 57.2 Å². The molecule has 2 aliphatic heterocycles. The van der Waals surface area contributed by atoms with Crippen molar-refractivity contribution in [3.05, 3.63) is 78.7 Å². The summed E-state index contributed by atoms with van der Waals surface area (Å²) in [6.45, 7) is 17.9. The summed E-state index contributed by atoms with van der Waals surface area (Å²) >= 11 is 0. The summed E-state index contributed by atoms with van der Waals surface area (Å²) in [6, 6.07) is 0. The lowest BCUT2D eigenvalue weighted by Crippen LogP contribution is -2.64. The largest absolute Gasteiger partial charge is 0.358 e. The van der Waals surface area contributed by atoms with Crippen LogP contribution in [-0.4, -0.2) is 22.4 Å². The maximum absolute atomic E-state index is 3.65. The van der Waals surface area contributed by atoms with Crippen LogP contribution >= 0.6 is 0 Å². The monoisotopic (exact) mass is 526 g/mol. The average Bonchev–Trinajstić information content (AvgIpc) is 3.60. The molecule has 0 saturated heterocycles. The molecule has 0 aliphatic carbocycles. The Morgan fingerprint density at radius 3 is 1.36 bits per heavy atom. The number of rotatable bonds is 12. The van der Waals surface area contributed by atoms with Crippen LogP contribution in [0.15, 0.2) is 33.7 Å². The highest BCUT2D eigenvalue weighted by molar-refractivity contribution is 5.81. The standard InChI is InChI=1S/C35H48N4/c1-9-28-22(3)20-36-34(28)18-32-24(5)30(26(7)38-32)16-14-12-11-13-15-17-31-25(6)33(39-27(31)8)19-35-29(10-2)23(4)21-37-35/h18-21,38-39H,9-17H2,1-8H3/p+2/b34-18-,35-19-. The van der Waals surface area contributed by atoms with Gasteiger partial charge in [-0.2, -0.15) is 0 Å². The molecule has 4 nitrogen and oxygen atoms in total. The molecule has 4 rings (SSSR count). The topological polar surface area (TPSA) is 59.5 Å². The van der Waals surface area contributed by atoms with Gasteiger partial charge in [-0.1, -0.05) is 33.1 Å². The lowest BCUT2D eigenvalue weighted by atomic mass is 9.99. The molecule has 0 bridgehead atoms. The average molecular weight is 527 g/mol. The number of aryl methyl sites for hydroxylation is 2. The van der Waals surface area contributed by atoms with Crippen molar-refractivity contribution in [2.24, 2.45) is 0 Å². The molecule has 2 aromatic heterocycles. The van der Waals surface area contributed by atoms with Gasteiger partial charge in [0.1, 0.15) is 0 Å². The number of nitrogens with one attached hydrogen (secondary N) is 4. The number of hydrogen-bond donors (Lipinski definition) is 4. The third kappa shape index (κ3) is 6.37. The van der Waals surface area contributed by atoms with E-state index in [0.717, 1.165) is 12.8 Å². The predicted molar refractivity (Wildman–Crippen MR) is 167 cm³/mol. The van der Waals surface area contributed by atoms with Gasteiger partial charge in [0.15, 0.2) is 12.4 Å². The lowest BCUT2D eigenvalue weighted by Gasteiger charge is -2.05. The first-order valence-electron chi connectivity index (χ1n) is 15.1. The van der Waals surface area contributed by atoms with E-state index in [1.54, 1.807) is 0 Å². The number of hydrogen-bond acceptors (Lipinski definition) is 0. The van der Waals surface area contributed by atoms with Gasteiger partial charge in [-0.05, 0) is 102 Å². The number of unbranched alkanes of at least 4 members (excludes halogenated alkanes) is 4. The van der Waals surface area contributed by atoms with Crippen molar-refractivity contribution in [3.8, 4) is 0 Å². The zero-order valence-electron chi connectivity index (χ0n) is 25.7. The third-order valence-corrected chi connectivity index (χ3v) is 8.89.